The van der Waals surface area contributed by atoms with E-state index in [1.54, 1.807) is 6.07 Å². The first kappa shape index (κ1) is 15.2. The molecule has 0 bridgehead atoms. The molecule has 0 N–H and O–H groups in total. The highest BCUT2D eigenvalue weighted by atomic mass is 79.9. The van der Waals surface area contributed by atoms with Gasteiger partial charge in [-0.1, -0.05) is 15.9 Å². The largest absolute Gasteiger partial charge is 0.416 e. The van der Waals surface area contributed by atoms with E-state index in [1.807, 2.05) is 0 Å². The smallest absolute Gasteiger partial charge is 0.367 e. The van der Waals surface area contributed by atoms with Gasteiger partial charge in [0.1, 0.15) is 0 Å². The van der Waals surface area contributed by atoms with Gasteiger partial charge in [0.15, 0.2) is 0 Å². The first-order valence-electron chi connectivity index (χ1n) is 6.13. The van der Waals surface area contributed by atoms with E-state index in [-0.39, 0.29) is 0 Å². The van der Waals surface area contributed by atoms with Gasteiger partial charge in [0.05, 0.1) is 11.3 Å². The minimum absolute atomic E-state index is 0.349. The number of piperidine rings is 1. The van der Waals surface area contributed by atoms with Crippen molar-refractivity contribution in [3.05, 3.63) is 28.2 Å². The summed E-state index contributed by atoms with van der Waals surface area (Å²) < 4.78 is 38.4. The summed E-state index contributed by atoms with van der Waals surface area (Å²) in [4.78, 5) is 2.18. The highest BCUT2D eigenvalue weighted by Crippen LogP contribution is 2.37. The summed E-state index contributed by atoms with van der Waals surface area (Å²) in [6.07, 6.45) is -0.974. The molecular weight excluding hydrogens is 387 g/mol. The van der Waals surface area contributed by atoms with Gasteiger partial charge in [0, 0.05) is 22.4 Å². The van der Waals surface area contributed by atoms with Crippen molar-refractivity contribution < 1.29 is 13.2 Å². The highest BCUT2D eigenvalue weighted by Gasteiger charge is 2.32. The van der Waals surface area contributed by atoms with E-state index < -0.39 is 11.7 Å². The van der Waals surface area contributed by atoms with Crippen LogP contribution in [0, 0.1) is 0 Å². The van der Waals surface area contributed by atoms with Crippen LogP contribution in [0.2, 0.25) is 0 Å². The molecule has 1 fully saturated rings. The summed E-state index contributed by atoms with van der Waals surface area (Å²) in [5.74, 6) is 0. The molecule has 2 rings (SSSR count). The molecule has 1 aliphatic heterocycles. The molecule has 6 heteroatoms. The van der Waals surface area contributed by atoms with E-state index in [0.29, 0.717) is 10.5 Å². The Morgan fingerprint density at radius 3 is 2.58 bits per heavy atom. The van der Waals surface area contributed by atoms with Crippen LogP contribution in [0.1, 0.15) is 24.8 Å². The van der Waals surface area contributed by atoms with Gasteiger partial charge < -0.3 is 4.90 Å². The number of anilines is 1. The molecule has 1 aromatic carbocycles. The van der Waals surface area contributed by atoms with Gasteiger partial charge in [0.2, 0.25) is 0 Å². The summed E-state index contributed by atoms with van der Waals surface area (Å²) in [5.41, 5.74) is 0.229. The lowest BCUT2D eigenvalue weighted by atomic mass is 10.0. The Kier molecular flexibility index (Phi) is 4.82. The van der Waals surface area contributed by atoms with Crippen LogP contribution in [0.3, 0.4) is 0 Å². The van der Waals surface area contributed by atoms with Crippen LogP contribution in [0.4, 0.5) is 18.9 Å². The third kappa shape index (κ3) is 3.45. The Hall–Kier alpha value is -0.230. The number of alkyl halides is 4. The van der Waals surface area contributed by atoms with Gasteiger partial charge in [-0.25, -0.2) is 0 Å². The van der Waals surface area contributed by atoms with Gasteiger partial charge in [-0.2, -0.15) is 13.2 Å². The number of rotatable bonds is 2. The SMILES string of the molecule is FC(F)(F)c1ccc(N2CCCCC2CBr)c(Br)c1. The molecular formula is C13H14Br2F3N. The summed E-state index contributed by atoms with van der Waals surface area (Å²) in [5, 5.41) is 0.834. The van der Waals surface area contributed by atoms with Crippen LogP contribution < -0.4 is 4.90 Å². The summed E-state index contributed by atoms with van der Waals surface area (Å²) in [6, 6.07) is 4.23. The third-order valence-corrected chi connectivity index (χ3v) is 4.77. The molecule has 0 spiro atoms. The molecule has 1 aliphatic rings. The fraction of sp³-hybridized carbons (Fsp3) is 0.538. The quantitative estimate of drug-likeness (QED) is 0.615. The number of hydrogen-bond donors (Lipinski definition) is 0. The maximum atomic E-state index is 12.6. The second-order valence-corrected chi connectivity index (χ2v) is 6.16. The molecule has 0 amide bonds. The molecule has 106 valence electrons. The molecule has 0 saturated carbocycles. The summed E-state index contributed by atoms with van der Waals surface area (Å²) >= 11 is 6.76. The predicted molar refractivity (Wildman–Crippen MR) is 77.9 cm³/mol. The highest BCUT2D eigenvalue weighted by molar-refractivity contribution is 9.10. The number of halogens is 5. The van der Waals surface area contributed by atoms with Crippen molar-refractivity contribution >= 4 is 37.5 Å². The van der Waals surface area contributed by atoms with Crippen molar-refractivity contribution in [3.8, 4) is 0 Å². The average molecular weight is 401 g/mol. The van der Waals surface area contributed by atoms with E-state index in [2.05, 4.69) is 36.8 Å². The van der Waals surface area contributed by atoms with Gasteiger partial charge in [-0.15, -0.1) is 0 Å². The summed E-state index contributed by atoms with van der Waals surface area (Å²) in [6.45, 7) is 0.889. The van der Waals surface area contributed by atoms with E-state index in [0.717, 1.165) is 42.5 Å². The third-order valence-electron chi connectivity index (χ3n) is 3.39. The molecule has 1 nitrogen and oxygen atoms in total. The van der Waals surface area contributed by atoms with Gasteiger partial charge in [-0.05, 0) is 53.4 Å². The Labute approximate surface area is 127 Å². The zero-order valence-electron chi connectivity index (χ0n) is 10.2. The molecule has 0 aromatic heterocycles. The number of benzene rings is 1. The maximum Gasteiger partial charge on any atom is 0.416 e. The lowest BCUT2D eigenvalue weighted by molar-refractivity contribution is -0.137. The Bertz CT molecular complexity index is 448. The van der Waals surface area contributed by atoms with Crippen molar-refractivity contribution in [1.82, 2.24) is 0 Å². The van der Waals surface area contributed by atoms with E-state index >= 15 is 0 Å². The lowest BCUT2D eigenvalue weighted by Gasteiger charge is -2.37. The van der Waals surface area contributed by atoms with Crippen LogP contribution in [0.25, 0.3) is 0 Å². The van der Waals surface area contributed by atoms with Crippen molar-refractivity contribution in [1.29, 1.82) is 0 Å². The monoisotopic (exact) mass is 399 g/mol. The van der Waals surface area contributed by atoms with E-state index in [1.165, 1.54) is 6.42 Å². The molecule has 0 radical (unpaired) electrons. The van der Waals surface area contributed by atoms with E-state index in [9.17, 15) is 13.2 Å². The van der Waals surface area contributed by atoms with Crippen molar-refractivity contribution in [2.24, 2.45) is 0 Å². The van der Waals surface area contributed by atoms with Crippen LogP contribution >= 0.6 is 31.9 Å². The predicted octanol–water partition coefficient (Wildman–Crippen LogP) is 5.22. The van der Waals surface area contributed by atoms with Crippen molar-refractivity contribution in [3.63, 3.8) is 0 Å². The topological polar surface area (TPSA) is 3.24 Å². The standard InChI is InChI=1S/C13H14Br2F3N/c14-8-10-3-1-2-6-19(10)12-5-4-9(7-11(12)15)13(16,17)18/h4-5,7,10H,1-3,6,8H2. The fourth-order valence-corrected chi connectivity index (χ4v) is 3.67. The van der Waals surface area contributed by atoms with Gasteiger partial charge in [0.25, 0.3) is 0 Å². The zero-order valence-corrected chi connectivity index (χ0v) is 13.4. The molecule has 1 saturated heterocycles. The van der Waals surface area contributed by atoms with Crippen molar-refractivity contribution in [2.75, 3.05) is 16.8 Å². The van der Waals surface area contributed by atoms with Crippen LogP contribution in [0.5, 0.6) is 0 Å². The Morgan fingerprint density at radius 1 is 1.26 bits per heavy atom. The minimum atomic E-state index is -4.29. The fourth-order valence-electron chi connectivity index (χ4n) is 2.39. The first-order valence-corrected chi connectivity index (χ1v) is 8.04. The average Bonchev–Trinajstić information content (AvgIpc) is 2.37. The zero-order chi connectivity index (χ0) is 14.0. The van der Waals surface area contributed by atoms with Crippen molar-refractivity contribution in [2.45, 2.75) is 31.5 Å². The molecule has 1 atom stereocenters. The first-order chi connectivity index (χ1) is 8.93. The number of hydrogen-bond acceptors (Lipinski definition) is 1. The Balaban J connectivity index is 2.30. The molecule has 1 heterocycles. The normalized spacial score (nSPS) is 20.7. The van der Waals surface area contributed by atoms with Gasteiger partial charge >= 0.3 is 6.18 Å². The summed E-state index contributed by atoms with van der Waals surface area (Å²) in [7, 11) is 0. The minimum Gasteiger partial charge on any atom is -0.367 e. The Morgan fingerprint density at radius 2 is 2.00 bits per heavy atom. The molecule has 1 unspecified atom stereocenters. The van der Waals surface area contributed by atoms with Gasteiger partial charge in [-0.3, -0.25) is 0 Å². The lowest BCUT2D eigenvalue weighted by Crippen LogP contribution is -2.40. The molecule has 0 aliphatic carbocycles. The molecule has 19 heavy (non-hydrogen) atoms. The maximum absolute atomic E-state index is 12.6. The molecule has 1 aromatic rings. The number of nitrogens with zero attached hydrogens (tertiary/aromatic N) is 1. The van der Waals surface area contributed by atoms with Crippen LogP contribution in [-0.2, 0) is 6.18 Å². The second-order valence-electron chi connectivity index (χ2n) is 4.66. The van der Waals surface area contributed by atoms with E-state index in [4.69, 9.17) is 0 Å². The van der Waals surface area contributed by atoms with Crippen LogP contribution in [-0.4, -0.2) is 17.9 Å². The van der Waals surface area contributed by atoms with Crippen LogP contribution in [0.15, 0.2) is 22.7 Å². The second kappa shape index (κ2) is 6.04.